The average Bonchev–Trinajstić information content (AvgIpc) is 3.21. The van der Waals surface area contributed by atoms with E-state index in [1.54, 1.807) is 29.0 Å². The van der Waals surface area contributed by atoms with Crippen molar-refractivity contribution in [3.63, 3.8) is 0 Å². The number of anilines is 1. The molecule has 3 rings (SSSR count). The van der Waals surface area contributed by atoms with E-state index in [0.29, 0.717) is 25.8 Å². The van der Waals surface area contributed by atoms with Crippen molar-refractivity contribution in [2.45, 2.75) is 38.1 Å². The lowest BCUT2D eigenvalue weighted by Gasteiger charge is -2.22. The summed E-state index contributed by atoms with van der Waals surface area (Å²) < 4.78 is 1.64. The van der Waals surface area contributed by atoms with E-state index >= 15 is 0 Å². The largest absolute Gasteiger partial charge is 0.343 e. The lowest BCUT2D eigenvalue weighted by molar-refractivity contribution is -0.131. The number of nitrogens with zero attached hydrogens (tertiary/aromatic N) is 4. The second-order valence-electron chi connectivity index (χ2n) is 6.08. The van der Waals surface area contributed by atoms with Crippen molar-refractivity contribution in [2.75, 3.05) is 11.4 Å². The molecule has 2 heterocycles. The number of carbonyl (C=O) groups is 2. The van der Waals surface area contributed by atoms with E-state index in [2.05, 4.69) is 16.5 Å². The fourth-order valence-corrected chi connectivity index (χ4v) is 3.28. The molecule has 2 fully saturated rings. The van der Waals surface area contributed by atoms with E-state index in [4.69, 9.17) is 0 Å². The maximum absolute atomic E-state index is 12.4. The van der Waals surface area contributed by atoms with Crippen LogP contribution in [0, 0.1) is 16.7 Å². The maximum atomic E-state index is 12.4. The highest BCUT2D eigenvalue weighted by Gasteiger charge is 2.44. The van der Waals surface area contributed by atoms with Crippen LogP contribution in [-0.4, -0.2) is 34.2 Å². The van der Waals surface area contributed by atoms with E-state index in [0.717, 1.165) is 18.5 Å². The number of nitrogens with one attached hydrogen (secondary N) is 1. The topological polar surface area (TPSA) is 91.0 Å². The standard InChI is InChI=1S/C15H19N5O2/c1-19-9-11(8-17-19)20-7-4-12(13(20)21)18-14(22)15(10-16)5-2-3-6-15/h8-9,12H,2-7H2,1H3,(H,18,22)/t12-/m1/s1. The van der Waals surface area contributed by atoms with Crippen LogP contribution >= 0.6 is 0 Å². The molecule has 22 heavy (non-hydrogen) atoms. The van der Waals surface area contributed by atoms with Crippen LogP contribution in [0.1, 0.15) is 32.1 Å². The smallest absolute Gasteiger partial charge is 0.249 e. The fourth-order valence-electron chi connectivity index (χ4n) is 3.28. The molecule has 1 saturated heterocycles. The third-order valence-corrected chi connectivity index (χ3v) is 4.62. The third-order valence-electron chi connectivity index (χ3n) is 4.62. The zero-order valence-corrected chi connectivity index (χ0v) is 12.6. The van der Waals surface area contributed by atoms with E-state index in [9.17, 15) is 14.9 Å². The Bertz CT molecular complexity index is 639. The van der Waals surface area contributed by atoms with Crippen LogP contribution in [0.25, 0.3) is 0 Å². The predicted molar refractivity (Wildman–Crippen MR) is 78.6 cm³/mol. The molecule has 116 valence electrons. The summed E-state index contributed by atoms with van der Waals surface area (Å²) in [6.45, 7) is 0.551. The molecule has 1 N–H and O–H groups in total. The van der Waals surface area contributed by atoms with Crippen LogP contribution in [0.5, 0.6) is 0 Å². The Hall–Kier alpha value is -2.36. The number of aryl methyl sites for hydroxylation is 1. The molecular weight excluding hydrogens is 282 g/mol. The Morgan fingerprint density at radius 3 is 2.82 bits per heavy atom. The van der Waals surface area contributed by atoms with Crippen molar-refractivity contribution in [2.24, 2.45) is 12.5 Å². The summed E-state index contributed by atoms with van der Waals surface area (Å²) in [5.74, 6) is -0.425. The minimum atomic E-state index is -0.942. The van der Waals surface area contributed by atoms with Gasteiger partial charge >= 0.3 is 0 Å². The molecule has 1 aromatic heterocycles. The molecule has 7 nitrogen and oxygen atoms in total. The van der Waals surface area contributed by atoms with Gasteiger partial charge in [0.25, 0.3) is 0 Å². The van der Waals surface area contributed by atoms with Crippen LogP contribution in [0.4, 0.5) is 5.69 Å². The summed E-state index contributed by atoms with van der Waals surface area (Å²) in [5, 5.41) is 16.2. The van der Waals surface area contributed by atoms with Crippen molar-refractivity contribution in [1.29, 1.82) is 5.26 Å². The first-order chi connectivity index (χ1) is 10.6. The molecule has 1 aromatic rings. The van der Waals surface area contributed by atoms with Crippen LogP contribution in [-0.2, 0) is 16.6 Å². The predicted octanol–water partition coefficient (Wildman–Crippen LogP) is 0.726. The van der Waals surface area contributed by atoms with Crippen LogP contribution in [0.3, 0.4) is 0 Å². The number of carbonyl (C=O) groups excluding carboxylic acids is 2. The molecule has 1 aliphatic heterocycles. The molecule has 0 aromatic carbocycles. The SMILES string of the molecule is Cn1cc(N2CC[C@@H](NC(=O)C3(C#N)CCCC3)C2=O)cn1. The molecular formula is C15H19N5O2. The second-order valence-corrected chi connectivity index (χ2v) is 6.08. The summed E-state index contributed by atoms with van der Waals surface area (Å²) in [6, 6.07) is 1.62. The second kappa shape index (κ2) is 5.44. The van der Waals surface area contributed by atoms with E-state index in [-0.39, 0.29) is 11.8 Å². The van der Waals surface area contributed by atoms with Gasteiger partial charge in [-0.15, -0.1) is 0 Å². The molecule has 0 unspecified atom stereocenters. The van der Waals surface area contributed by atoms with Gasteiger partial charge in [0, 0.05) is 19.8 Å². The summed E-state index contributed by atoms with van der Waals surface area (Å²) in [7, 11) is 1.79. The monoisotopic (exact) mass is 301 g/mol. The fraction of sp³-hybridized carbons (Fsp3) is 0.600. The average molecular weight is 301 g/mol. The van der Waals surface area contributed by atoms with Crippen molar-refractivity contribution in [3.8, 4) is 6.07 Å². The Morgan fingerprint density at radius 2 is 2.23 bits per heavy atom. The number of hydrogen-bond donors (Lipinski definition) is 1. The Kier molecular flexibility index (Phi) is 3.61. The maximum Gasteiger partial charge on any atom is 0.249 e. The van der Waals surface area contributed by atoms with Crippen molar-refractivity contribution < 1.29 is 9.59 Å². The van der Waals surface area contributed by atoms with Gasteiger partial charge in [0.1, 0.15) is 11.5 Å². The van der Waals surface area contributed by atoms with Gasteiger partial charge in [0.05, 0.1) is 18.0 Å². The van der Waals surface area contributed by atoms with Gasteiger partial charge in [-0.05, 0) is 19.3 Å². The zero-order valence-electron chi connectivity index (χ0n) is 12.6. The van der Waals surface area contributed by atoms with Crippen molar-refractivity contribution in [3.05, 3.63) is 12.4 Å². The zero-order chi connectivity index (χ0) is 15.7. The minimum absolute atomic E-state index is 0.132. The van der Waals surface area contributed by atoms with Crippen LogP contribution in [0.2, 0.25) is 0 Å². The van der Waals surface area contributed by atoms with E-state index in [1.165, 1.54) is 0 Å². The molecule has 1 saturated carbocycles. The van der Waals surface area contributed by atoms with Gasteiger partial charge in [-0.25, -0.2) is 0 Å². The van der Waals surface area contributed by atoms with Crippen molar-refractivity contribution in [1.82, 2.24) is 15.1 Å². The summed E-state index contributed by atoms with van der Waals surface area (Å²) in [5.41, 5.74) is -0.206. The number of amides is 2. The number of nitriles is 1. The Morgan fingerprint density at radius 1 is 1.50 bits per heavy atom. The lowest BCUT2D eigenvalue weighted by Crippen LogP contribution is -2.47. The highest BCUT2D eigenvalue weighted by molar-refractivity contribution is 6.02. The first-order valence-electron chi connectivity index (χ1n) is 7.58. The van der Waals surface area contributed by atoms with Gasteiger partial charge in [-0.2, -0.15) is 10.4 Å². The van der Waals surface area contributed by atoms with Gasteiger partial charge in [0.2, 0.25) is 11.8 Å². The van der Waals surface area contributed by atoms with Gasteiger partial charge < -0.3 is 10.2 Å². The number of rotatable bonds is 3. The molecule has 0 radical (unpaired) electrons. The van der Waals surface area contributed by atoms with Crippen LogP contribution in [0.15, 0.2) is 12.4 Å². The molecule has 7 heteroatoms. The van der Waals surface area contributed by atoms with E-state index < -0.39 is 11.5 Å². The highest BCUT2D eigenvalue weighted by atomic mass is 16.2. The highest BCUT2D eigenvalue weighted by Crippen LogP contribution is 2.38. The number of aromatic nitrogens is 2. The lowest BCUT2D eigenvalue weighted by atomic mass is 9.86. The number of hydrogen-bond acceptors (Lipinski definition) is 4. The summed E-state index contributed by atoms with van der Waals surface area (Å²) in [6.07, 6.45) is 6.92. The summed E-state index contributed by atoms with van der Waals surface area (Å²) in [4.78, 5) is 26.5. The van der Waals surface area contributed by atoms with Gasteiger partial charge in [0.15, 0.2) is 0 Å². The van der Waals surface area contributed by atoms with Gasteiger partial charge in [-0.1, -0.05) is 12.8 Å². The van der Waals surface area contributed by atoms with Crippen LogP contribution < -0.4 is 10.2 Å². The Labute approximate surface area is 128 Å². The minimum Gasteiger partial charge on any atom is -0.343 e. The van der Waals surface area contributed by atoms with E-state index in [1.807, 2.05) is 0 Å². The Balaban J connectivity index is 1.68. The molecule has 1 aliphatic carbocycles. The molecule has 0 bridgehead atoms. The molecule has 1 atom stereocenters. The summed E-state index contributed by atoms with van der Waals surface area (Å²) >= 11 is 0. The quantitative estimate of drug-likeness (QED) is 0.890. The van der Waals surface area contributed by atoms with Gasteiger partial charge in [-0.3, -0.25) is 14.3 Å². The first-order valence-corrected chi connectivity index (χ1v) is 7.58. The first kappa shape index (κ1) is 14.6. The third kappa shape index (κ3) is 2.34. The molecule has 2 amide bonds. The van der Waals surface area contributed by atoms with Crippen molar-refractivity contribution >= 4 is 17.5 Å². The molecule has 2 aliphatic rings. The normalized spacial score (nSPS) is 23.5. The molecule has 0 spiro atoms.